The van der Waals surface area contributed by atoms with Crippen molar-refractivity contribution >= 4 is 23.2 Å². The van der Waals surface area contributed by atoms with Crippen molar-refractivity contribution in [3.8, 4) is 22.8 Å². The number of likely N-dealkylation sites (N-methyl/N-ethyl adjacent to an activating group) is 1. The molecular weight excluding hydrogens is 616 g/mol. The lowest BCUT2D eigenvalue weighted by Gasteiger charge is -2.29. The van der Waals surface area contributed by atoms with Crippen LogP contribution in [0.25, 0.3) is 11.1 Å². The molecule has 3 heterocycles. The van der Waals surface area contributed by atoms with Gasteiger partial charge < -0.3 is 20.3 Å². The quantitative estimate of drug-likeness (QED) is 0.226. The predicted octanol–water partition coefficient (Wildman–Crippen LogP) is 6.05. The van der Waals surface area contributed by atoms with Gasteiger partial charge in [0.15, 0.2) is 0 Å². The molecule has 47 heavy (non-hydrogen) atoms. The molecule has 6 rings (SSSR count). The number of pyridine rings is 1. The second-order valence-corrected chi connectivity index (χ2v) is 13.6. The second-order valence-electron chi connectivity index (χ2n) is 12.5. The van der Waals surface area contributed by atoms with Crippen LogP contribution in [0.15, 0.2) is 66.2 Å². The minimum absolute atomic E-state index is 0.0115. The van der Waals surface area contributed by atoms with Crippen LogP contribution in [0.2, 0.25) is 0 Å². The number of hydrogen-bond acceptors (Lipinski definition) is 8. The predicted molar refractivity (Wildman–Crippen MR) is 181 cm³/mol. The van der Waals surface area contributed by atoms with E-state index in [2.05, 4.69) is 61.7 Å². The summed E-state index contributed by atoms with van der Waals surface area (Å²) in [6.07, 6.45) is 5.03. The van der Waals surface area contributed by atoms with E-state index in [9.17, 15) is 14.0 Å². The molecule has 2 aliphatic rings. The number of benzene rings is 2. The average molecular weight is 657 g/mol. The maximum atomic E-state index is 14.3. The fourth-order valence-electron chi connectivity index (χ4n) is 6.21. The number of ether oxygens (including phenoxy) is 1. The Morgan fingerprint density at radius 2 is 1.68 bits per heavy atom. The van der Waals surface area contributed by atoms with Crippen molar-refractivity contribution in [2.45, 2.75) is 57.7 Å². The highest BCUT2D eigenvalue weighted by Crippen LogP contribution is 2.29. The number of nitrogens with one attached hydrogen (secondary N) is 2. The van der Waals surface area contributed by atoms with Crippen molar-refractivity contribution in [1.29, 1.82) is 0 Å². The molecule has 2 N–H and O–H groups in total. The number of thiazole rings is 1. The molecule has 1 saturated heterocycles. The first-order valence-electron chi connectivity index (χ1n) is 16.3. The summed E-state index contributed by atoms with van der Waals surface area (Å²) in [6.45, 7) is 7.22. The van der Waals surface area contributed by atoms with E-state index >= 15 is 0 Å². The molecule has 246 valence electrons. The third-order valence-electron chi connectivity index (χ3n) is 8.87. The molecule has 4 aromatic rings. The monoisotopic (exact) mass is 656 g/mol. The normalized spacial score (nSPS) is 19.1. The summed E-state index contributed by atoms with van der Waals surface area (Å²) in [4.78, 5) is 39.1. The van der Waals surface area contributed by atoms with Crippen molar-refractivity contribution in [3.05, 3.63) is 93.8 Å². The molecule has 11 heteroatoms. The van der Waals surface area contributed by atoms with Gasteiger partial charge in [-0.1, -0.05) is 36.4 Å². The Balaban J connectivity index is 1.06. The molecule has 2 aromatic heterocycles. The zero-order chi connectivity index (χ0) is 32.8. The van der Waals surface area contributed by atoms with Gasteiger partial charge in [0.05, 0.1) is 11.2 Å². The van der Waals surface area contributed by atoms with Gasteiger partial charge in [0.2, 0.25) is 5.88 Å². The number of nitrogens with zero attached hydrogens (tertiary/aromatic N) is 4. The van der Waals surface area contributed by atoms with Gasteiger partial charge in [-0.2, -0.15) is 0 Å². The fraction of sp³-hybridized carbons (Fsp3) is 0.389. The smallest absolute Gasteiger partial charge is 0.270 e. The average Bonchev–Trinajstić information content (AvgIpc) is 3.41. The van der Waals surface area contributed by atoms with E-state index in [1.807, 2.05) is 25.1 Å². The van der Waals surface area contributed by atoms with Crippen molar-refractivity contribution in [2.75, 3.05) is 33.2 Å². The lowest BCUT2D eigenvalue weighted by molar-refractivity contribution is 0.0888. The van der Waals surface area contributed by atoms with Crippen LogP contribution in [0.4, 0.5) is 4.39 Å². The topological polar surface area (TPSA) is 99.7 Å². The first-order chi connectivity index (χ1) is 22.8. The SMILES string of the molecule is Cc1nc(C(=O)N[C@H]2CC[C@H](NC(=O)c3cc(F)cnc3Oc3cccc(-c4ccc(CN5CCCN(C)CC5)cc4)c3)CC2)cs1. The van der Waals surface area contributed by atoms with Crippen LogP contribution < -0.4 is 15.4 Å². The van der Waals surface area contributed by atoms with E-state index in [1.165, 1.54) is 23.3 Å². The van der Waals surface area contributed by atoms with Crippen molar-refractivity contribution in [2.24, 2.45) is 0 Å². The minimum atomic E-state index is -0.618. The van der Waals surface area contributed by atoms with E-state index in [1.54, 1.807) is 11.4 Å². The molecule has 0 bridgehead atoms. The molecule has 9 nitrogen and oxygen atoms in total. The summed E-state index contributed by atoms with van der Waals surface area (Å²) in [5.74, 6) is -0.696. The largest absolute Gasteiger partial charge is 0.438 e. The van der Waals surface area contributed by atoms with Gasteiger partial charge in [0, 0.05) is 37.1 Å². The van der Waals surface area contributed by atoms with E-state index in [-0.39, 0.29) is 29.4 Å². The van der Waals surface area contributed by atoms with E-state index in [0.29, 0.717) is 37.1 Å². The Kier molecular flexibility index (Phi) is 10.5. The Bertz CT molecular complexity index is 1690. The third-order valence-corrected chi connectivity index (χ3v) is 9.64. The van der Waals surface area contributed by atoms with Crippen LogP contribution >= 0.6 is 11.3 Å². The van der Waals surface area contributed by atoms with Gasteiger partial charge >= 0.3 is 0 Å². The van der Waals surface area contributed by atoms with E-state index < -0.39 is 11.7 Å². The first-order valence-corrected chi connectivity index (χ1v) is 17.1. The molecule has 0 spiro atoms. The molecule has 2 aromatic carbocycles. The van der Waals surface area contributed by atoms with Gasteiger partial charge in [0.1, 0.15) is 22.8 Å². The number of halogens is 1. The first kappa shape index (κ1) is 32.7. The number of rotatable bonds is 9. The van der Waals surface area contributed by atoms with Crippen LogP contribution in [-0.2, 0) is 6.54 Å². The summed E-state index contributed by atoms with van der Waals surface area (Å²) >= 11 is 1.44. The summed E-state index contributed by atoms with van der Waals surface area (Å²) < 4.78 is 20.4. The van der Waals surface area contributed by atoms with E-state index in [4.69, 9.17) is 4.74 Å². The van der Waals surface area contributed by atoms with Gasteiger partial charge in [-0.15, -0.1) is 11.3 Å². The van der Waals surface area contributed by atoms with Crippen LogP contribution in [0.5, 0.6) is 11.6 Å². The molecule has 1 aliphatic heterocycles. The van der Waals surface area contributed by atoms with Gasteiger partial charge in [-0.05, 0) is 94.1 Å². The number of carbonyl (C=O) groups excluding carboxylic acids is 2. The highest BCUT2D eigenvalue weighted by Gasteiger charge is 2.26. The Hall–Kier alpha value is -4.19. The number of carbonyl (C=O) groups is 2. The summed E-state index contributed by atoms with van der Waals surface area (Å²) in [7, 11) is 2.18. The maximum absolute atomic E-state index is 14.3. The van der Waals surface area contributed by atoms with Gasteiger partial charge in [-0.3, -0.25) is 14.5 Å². The molecule has 0 unspecified atom stereocenters. The Morgan fingerprint density at radius 1 is 0.936 bits per heavy atom. The van der Waals surface area contributed by atoms with Gasteiger partial charge in [-0.25, -0.2) is 14.4 Å². The van der Waals surface area contributed by atoms with E-state index in [0.717, 1.165) is 61.1 Å². The Morgan fingerprint density at radius 3 is 2.40 bits per heavy atom. The summed E-state index contributed by atoms with van der Waals surface area (Å²) in [5.41, 5.74) is 3.76. The maximum Gasteiger partial charge on any atom is 0.270 e. The summed E-state index contributed by atoms with van der Waals surface area (Å²) in [5, 5.41) is 8.67. The number of amides is 2. The number of aryl methyl sites for hydroxylation is 1. The number of aromatic nitrogens is 2. The molecule has 2 fully saturated rings. The minimum Gasteiger partial charge on any atom is -0.438 e. The summed E-state index contributed by atoms with van der Waals surface area (Å²) in [6, 6.07) is 17.2. The second kappa shape index (κ2) is 15.1. The lowest BCUT2D eigenvalue weighted by atomic mass is 9.91. The highest BCUT2D eigenvalue weighted by molar-refractivity contribution is 7.09. The zero-order valence-electron chi connectivity index (χ0n) is 26.9. The molecule has 1 aliphatic carbocycles. The number of hydrogen-bond donors (Lipinski definition) is 2. The van der Waals surface area contributed by atoms with Crippen molar-refractivity contribution in [1.82, 2.24) is 30.4 Å². The molecule has 0 radical (unpaired) electrons. The van der Waals surface area contributed by atoms with Crippen LogP contribution in [0, 0.1) is 12.7 Å². The Labute approximate surface area is 279 Å². The molecule has 1 saturated carbocycles. The third kappa shape index (κ3) is 8.79. The highest BCUT2D eigenvalue weighted by atomic mass is 32.1. The molecule has 0 atom stereocenters. The molecular formula is C36H41FN6O3S. The van der Waals surface area contributed by atoms with Crippen LogP contribution in [-0.4, -0.2) is 76.9 Å². The van der Waals surface area contributed by atoms with Crippen LogP contribution in [0.3, 0.4) is 0 Å². The molecule has 2 amide bonds. The fourth-order valence-corrected chi connectivity index (χ4v) is 6.81. The standard InChI is InChI=1S/C36H41FN6O3S/c1-24-39-33(23-47-24)35(45)41-30-13-11-29(12-14-30)40-34(44)32-20-28(37)21-38-36(32)46-31-6-3-5-27(19-31)26-9-7-25(8-10-26)22-43-16-4-15-42(2)17-18-43/h3,5-10,19-21,23,29-30H,4,11-18,22H2,1-2H3,(H,40,44)(H,41,45)/t29-,30-. The lowest BCUT2D eigenvalue weighted by Crippen LogP contribution is -2.44. The van der Waals surface area contributed by atoms with Crippen molar-refractivity contribution < 1.29 is 18.7 Å². The van der Waals surface area contributed by atoms with Crippen LogP contribution in [0.1, 0.15) is 63.5 Å². The van der Waals surface area contributed by atoms with Crippen molar-refractivity contribution in [3.63, 3.8) is 0 Å². The van der Waals surface area contributed by atoms with Gasteiger partial charge in [0.25, 0.3) is 11.8 Å². The zero-order valence-corrected chi connectivity index (χ0v) is 27.7.